The number of nitrogens with one attached hydrogen (secondary N) is 1. The molecule has 1 aliphatic heterocycles. The quantitative estimate of drug-likeness (QED) is 0.873. The summed E-state index contributed by atoms with van der Waals surface area (Å²) in [7, 11) is 0. The first-order valence-electron chi connectivity index (χ1n) is 7.00. The van der Waals surface area contributed by atoms with Crippen molar-refractivity contribution in [2.75, 3.05) is 31.1 Å². The third-order valence-corrected chi connectivity index (χ3v) is 3.66. The van der Waals surface area contributed by atoms with Crippen LogP contribution in [-0.2, 0) is 6.42 Å². The van der Waals surface area contributed by atoms with Crippen molar-refractivity contribution in [2.24, 2.45) is 0 Å². The zero-order chi connectivity index (χ0) is 14.0. The predicted molar refractivity (Wildman–Crippen MR) is 77.8 cm³/mol. The van der Waals surface area contributed by atoms with Crippen LogP contribution in [0.4, 0.5) is 5.82 Å². The molecule has 1 N–H and O–H groups in total. The van der Waals surface area contributed by atoms with Gasteiger partial charge in [-0.3, -0.25) is 9.69 Å². The molecule has 0 saturated carbocycles. The number of hydrogen-bond acceptors (Lipinski definition) is 4. The Hall–Kier alpha value is -1.36. The molecule has 0 spiro atoms. The van der Waals surface area contributed by atoms with Crippen molar-refractivity contribution in [3.63, 3.8) is 0 Å². The highest BCUT2D eigenvalue weighted by Crippen LogP contribution is 2.18. The number of anilines is 1. The first-order valence-corrected chi connectivity index (χ1v) is 7.00. The standard InChI is InChI=1S/C14H24N4O/c1-5-11-15-12(10-13(19)16-11)17-6-8-18(9-7-17)14(2,3)4/h10H,5-9H2,1-4H3,(H,15,16,19). The van der Waals surface area contributed by atoms with E-state index >= 15 is 0 Å². The maximum absolute atomic E-state index is 11.6. The van der Waals surface area contributed by atoms with Gasteiger partial charge >= 0.3 is 0 Å². The van der Waals surface area contributed by atoms with E-state index in [4.69, 9.17) is 0 Å². The molecule has 5 heteroatoms. The van der Waals surface area contributed by atoms with E-state index in [0.717, 1.165) is 44.2 Å². The number of aryl methyl sites for hydroxylation is 1. The molecular formula is C14H24N4O. The van der Waals surface area contributed by atoms with Crippen LogP contribution in [0.5, 0.6) is 0 Å². The van der Waals surface area contributed by atoms with Gasteiger partial charge in [0.05, 0.1) is 0 Å². The summed E-state index contributed by atoms with van der Waals surface area (Å²) >= 11 is 0. The van der Waals surface area contributed by atoms with Crippen LogP contribution in [0.2, 0.25) is 0 Å². The Morgan fingerprint density at radius 2 is 1.89 bits per heavy atom. The van der Waals surface area contributed by atoms with E-state index in [1.807, 2.05) is 6.92 Å². The average Bonchev–Trinajstić information content (AvgIpc) is 2.37. The smallest absolute Gasteiger partial charge is 0.252 e. The highest BCUT2D eigenvalue weighted by Gasteiger charge is 2.26. The topological polar surface area (TPSA) is 52.2 Å². The Labute approximate surface area is 114 Å². The minimum atomic E-state index is -0.0555. The second-order valence-electron chi connectivity index (χ2n) is 6.05. The molecule has 0 amide bonds. The molecule has 1 aromatic heterocycles. The second-order valence-corrected chi connectivity index (χ2v) is 6.05. The zero-order valence-electron chi connectivity index (χ0n) is 12.4. The van der Waals surface area contributed by atoms with Crippen LogP contribution in [-0.4, -0.2) is 46.6 Å². The molecule has 1 fully saturated rings. The van der Waals surface area contributed by atoms with Gasteiger partial charge in [-0.1, -0.05) is 6.92 Å². The molecule has 5 nitrogen and oxygen atoms in total. The van der Waals surface area contributed by atoms with Crippen molar-refractivity contribution in [1.82, 2.24) is 14.9 Å². The minimum absolute atomic E-state index is 0.0555. The number of piperazine rings is 1. The van der Waals surface area contributed by atoms with Gasteiger partial charge in [-0.15, -0.1) is 0 Å². The number of H-pyrrole nitrogens is 1. The van der Waals surface area contributed by atoms with Crippen molar-refractivity contribution in [3.8, 4) is 0 Å². The van der Waals surface area contributed by atoms with Gasteiger partial charge in [0.15, 0.2) is 0 Å². The lowest BCUT2D eigenvalue weighted by atomic mass is 10.1. The van der Waals surface area contributed by atoms with E-state index in [-0.39, 0.29) is 11.1 Å². The number of rotatable bonds is 2. The Morgan fingerprint density at radius 1 is 1.26 bits per heavy atom. The summed E-state index contributed by atoms with van der Waals surface area (Å²) in [5.41, 5.74) is 0.155. The number of nitrogens with zero attached hydrogens (tertiary/aromatic N) is 3. The molecule has 1 aliphatic rings. The van der Waals surface area contributed by atoms with Gasteiger partial charge in [0, 0.05) is 44.2 Å². The first kappa shape index (κ1) is 14.1. The van der Waals surface area contributed by atoms with E-state index < -0.39 is 0 Å². The van der Waals surface area contributed by atoms with E-state index in [0.29, 0.717) is 0 Å². The van der Waals surface area contributed by atoms with Crippen LogP contribution in [0.3, 0.4) is 0 Å². The lowest BCUT2D eigenvalue weighted by Crippen LogP contribution is -2.53. The Balaban J connectivity index is 2.09. The fourth-order valence-corrected chi connectivity index (χ4v) is 2.43. The lowest BCUT2D eigenvalue weighted by Gasteiger charge is -2.42. The highest BCUT2D eigenvalue weighted by molar-refractivity contribution is 5.38. The summed E-state index contributed by atoms with van der Waals surface area (Å²) in [5, 5.41) is 0. The molecule has 0 atom stereocenters. The van der Waals surface area contributed by atoms with Gasteiger partial charge in [-0.05, 0) is 20.8 Å². The van der Waals surface area contributed by atoms with E-state index in [1.165, 1.54) is 0 Å². The third kappa shape index (κ3) is 3.35. The maximum atomic E-state index is 11.6. The van der Waals surface area contributed by atoms with E-state index in [9.17, 15) is 4.79 Å². The Morgan fingerprint density at radius 3 is 2.42 bits per heavy atom. The number of aromatic nitrogens is 2. The molecular weight excluding hydrogens is 240 g/mol. The third-order valence-electron chi connectivity index (χ3n) is 3.66. The fourth-order valence-electron chi connectivity index (χ4n) is 2.43. The Kier molecular flexibility index (Phi) is 3.94. The molecule has 2 rings (SSSR count). The van der Waals surface area contributed by atoms with Gasteiger partial charge in [0.2, 0.25) is 0 Å². The molecule has 0 aliphatic carbocycles. The van der Waals surface area contributed by atoms with Crippen LogP contribution in [0.25, 0.3) is 0 Å². The van der Waals surface area contributed by atoms with Crippen LogP contribution < -0.4 is 10.5 Å². The summed E-state index contributed by atoms with van der Waals surface area (Å²) < 4.78 is 0. The van der Waals surface area contributed by atoms with Crippen LogP contribution in [0.15, 0.2) is 10.9 Å². The second kappa shape index (κ2) is 5.33. The fraction of sp³-hybridized carbons (Fsp3) is 0.714. The number of hydrogen-bond donors (Lipinski definition) is 1. The lowest BCUT2D eigenvalue weighted by molar-refractivity contribution is 0.128. The van der Waals surface area contributed by atoms with Gasteiger partial charge in [0.25, 0.3) is 5.56 Å². The average molecular weight is 264 g/mol. The molecule has 1 saturated heterocycles. The summed E-state index contributed by atoms with van der Waals surface area (Å²) in [6, 6.07) is 1.60. The largest absolute Gasteiger partial charge is 0.354 e. The maximum Gasteiger partial charge on any atom is 0.252 e. The normalized spacial score (nSPS) is 17.8. The molecule has 0 radical (unpaired) electrons. The van der Waals surface area contributed by atoms with Crippen LogP contribution >= 0.6 is 0 Å². The minimum Gasteiger partial charge on any atom is -0.354 e. The highest BCUT2D eigenvalue weighted by atomic mass is 16.1. The monoisotopic (exact) mass is 264 g/mol. The van der Waals surface area contributed by atoms with Crippen molar-refractivity contribution in [1.29, 1.82) is 0 Å². The molecule has 2 heterocycles. The van der Waals surface area contributed by atoms with Crippen molar-refractivity contribution >= 4 is 5.82 Å². The van der Waals surface area contributed by atoms with Gasteiger partial charge in [-0.25, -0.2) is 4.98 Å². The van der Waals surface area contributed by atoms with E-state index in [2.05, 4.69) is 40.5 Å². The summed E-state index contributed by atoms with van der Waals surface area (Å²) in [6.45, 7) is 12.6. The molecule has 106 valence electrons. The van der Waals surface area contributed by atoms with Crippen LogP contribution in [0.1, 0.15) is 33.5 Å². The molecule has 0 bridgehead atoms. The van der Waals surface area contributed by atoms with Gasteiger partial charge in [0.1, 0.15) is 11.6 Å². The SMILES string of the molecule is CCc1nc(N2CCN(C(C)(C)C)CC2)cc(=O)[nH]1. The molecule has 0 unspecified atom stereocenters. The first-order chi connectivity index (χ1) is 8.90. The zero-order valence-corrected chi connectivity index (χ0v) is 12.4. The van der Waals surface area contributed by atoms with E-state index in [1.54, 1.807) is 6.07 Å². The number of aromatic amines is 1. The molecule has 1 aromatic rings. The van der Waals surface area contributed by atoms with Crippen molar-refractivity contribution in [3.05, 3.63) is 22.2 Å². The summed E-state index contributed by atoms with van der Waals surface area (Å²) in [6.07, 6.45) is 0.755. The van der Waals surface area contributed by atoms with Gasteiger partial charge < -0.3 is 9.88 Å². The van der Waals surface area contributed by atoms with Crippen molar-refractivity contribution < 1.29 is 0 Å². The summed E-state index contributed by atoms with van der Waals surface area (Å²) in [4.78, 5) is 23.6. The van der Waals surface area contributed by atoms with Gasteiger partial charge in [-0.2, -0.15) is 0 Å². The van der Waals surface area contributed by atoms with Crippen LogP contribution in [0, 0.1) is 0 Å². The predicted octanol–water partition coefficient (Wildman–Crippen LogP) is 1.25. The van der Waals surface area contributed by atoms with Crippen molar-refractivity contribution in [2.45, 2.75) is 39.7 Å². The molecule has 19 heavy (non-hydrogen) atoms. The molecule has 0 aromatic carbocycles. The summed E-state index contributed by atoms with van der Waals surface area (Å²) in [5.74, 6) is 1.58. The Bertz CT molecular complexity index is 481.